The number of likely N-dealkylation sites (tertiary alicyclic amines) is 1. The molecule has 0 aromatic heterocycles. The number of amides is 2. The third kappa shape index (κ3) is 2.15. The van der Waals surface area contributed by atoms with Crippen LogP contribution < -0.4 is 0 Å². The first-order valence-electron chi connectivity index (χ1n) is 6.99. The summed E-state index contributed by atoms with van der Waals surface area (Å²) in [6, 6.07) is 0.296. The summed E-state index contributed by atoms with van der Waals surface area (Å²) in [4.78, 5) is 18.9. The van der Waals surface area contributed by atoms with E-state index in [0.717, 1.165) is 45.8 Å². The second-order valence-corrected chi connectivity index (χ2v) is 5.88. The molecular formula is C13H23N3O. The Hall–Kier alpha value is -0.770. The summed E-state index contributed by atoms with van der Waals surface area (Å²) in [5.74, 6) is 0. The van der Waals surface area contributed by atoms with E-state index in [-0.39, 0.29) is 0 Å². The Morgan fingerprint density at radius 2 is 1.71 bits per heavy atom. The van der Waals surface area contributed by atoms with Gasteiger partial charge in [-0.1, -0.05) is 6.92 Å². The molecule has 0 radical (unpaired) electrons. The van der Waals surface area contributed by atoms with Gasteiger partial charge in [-0.25, -0.2) is 4.79 Å². The van der Waals surface area contributed by atoms with Crippen LogP contribution in [0.1, 0.15) is 26.2 Å². The molecule has 0 bridgehead atoms. The molecule has 0 unspecified atom stereocenters. The molecule has 2 heterocycles. The molecule has 0 N–H and O–H groups in total. The number of rotatable bonds is 1. The lowest BCUT2D eigenvalue weighted by molar-refractivity contribution is 0.119. The molecule has 1 saturated carbocycles. The first kappa shape index (κ1) is 11.3. The van der Waals surface area contributed by atoms with Crippen molar-refractivity contribution in [3.63, 3.8) is 0 Å². The molecule has 3 aliphatic rings. The highest BCUT2D eigenvalue weighted by molar-refractivity contribution is 5.75. The Balaban J connectivity index is 1.53. The number of hydrogen-bond acceptors (Lipinski definition) is 2. The first-order chi connectivity index (χ1) is 8.22. The van der Waals surface area contributed by atoms with Crippen molar-refractivity contribution >= 4 is 6.03 Å². The Labute approximate surface area is 104 Å². The lowest BCUT2D eigenvalue weighted by atomic mass is 10.1. The average Bonchev–Trinajstić information content (AvgIpc) is 2.99. The predicted octanol–water partition coefficient (Wildman–Crippen LogP) is 1.23. The summed E-state index contributed by atoms with van der Waals surface area (Å²) in [5, 5.41) is 0. The van der Waals surface area contributed by atoms with Crippen LogP contribution in [0.15, 0.2) is 0 Å². The van der Waals surface area contributed by atoms with Crippen LogP contribution in [0, 0.1) is 5.41 Å². The van der Waals surface area contributed by atoms with Gasteiger partial charge in [0.15, 0.2) is 0 Å². The molecule has 0 aromatic rings. The van der Waals surface area contributed by atoms with Gasteiger partial charge in [0.1, 0.15) is 0 Å². The third-order valence-electron chi connectivity index (χ3n) is 4.76. The Morgan fingerprint density at radius 1 is 1.00 bits per heavy atom. The molecule has 3 rings (SSSR count). The molecule has 2 saturated heterocycles. The minimum absolute atomic E-state index is 0.296. The van der Waals surface area contributed by atoms with E-state index in [9.17, 15) is 4.79 Å². The normalized spacial score (nSPS) is 27.8. The monoisotopic (exact) mass is 237 g/mol. The quantitative estimate of drug-likeness (QED) is 0.686. The van der Waals surface area contributed by atoms with Crippen molar-refractivity contribution in [1.29, 1.82) is 0 Å². The van der Waals surface area contributed by atoms with Gasteiger partial charge in [-0.2, -0.15) is 0 Å². The summed E-state index contributed by atoms with van der Waals surface area (Å²) in [6.07, 6.45) is 3.94. The summed E-state index contributed by atoms with van der Waals surface area (Å²) in [7, 11) is 0. The Morgan fingerprint density at radius 3 is 2.24 bits per heavy atom. The number of likely N-dealkylation sites (N-methyl/N-ethyl adjacent to an activating group) is 1. The minimum Gasteiger partial charge on any atom is -0.324 e. The molecule has 2 aliphatic heterocycles. The van der Waals surface area contributed by atoms with Crippen LogP contribution in [0.4, 0.5) is 4.79 Å². The number of hydrogen-bond donors (Lipinski definition) is 0. The molecule has 17 heavy (non-hydrogen) atoms. The summed E-state index contributed by atoms with van der Waals surface area (Å²) >= 11 is 0. The van der Waals surface area contributed by atoms with Crippen molar-refractivity contribution in [3.05, 3.63) is 0 Å². The minimum atomic E-state index is 0.296. The largest absolute Gasteiger partial charge is 0.324 e. The zero-order valence-electron chi connectivity index (χ0n) is 10.8. The van der Waals surface area contributed by atoms with Gasteiger partial charge in [-0.15, -0.1) is 0 Å². The fourth-order valence-electron chi connectivity index (χ4n) is 3.14. The van der Waals surface area contributed by atoms with E-state index >= 15 is 0 Å². The SMILES string of the molecule is CCN1CCN(C(=O)N2CCC3(CC3)C2)CC1. The van der Waals surface area contributed by atoms with Crippen molar-refractivity contribution in [2.24, 2.45) is 5.41 Å². The van der Waals surface area contributed by atoms with Gasteiger partial charge in [0, 0.05) is 39.3 Å². The van der Waals surface area contributed by atoms with Crippen LogP contribution in [0.2, 0.25) is 0 Å². The molecule has 3 fully saturated rings. The van der Waals surface area contributed by atoms with Gasteiger partial charge in [0.2, 0.25) is 0 Å². The molecule has 0 aromatic carbocycles. The highest BCUT2D eigenvalue weighted by Crippen LogP contribution is 2.52. The predicted molar refractivity (Wildman–Crippen MR) is 66.9 cm³/mol. The summed E-state index contributed by atoms with van der Waals surface area (Å²) < 4.78 is 0. The van der Waals surface area contributed by atoms with Crippen LogP contribution >= 0.6 is 0 Å². The van der Waals surface area contributed by atoms with Crippen molar-refractivity contribution in [1.82, 2.24) is 14.7 Å². The average molecular weight is 237 g/mol. The molecule has 4 nitrogen and oxygen atoms in total. The van der Waals surface area contributed by atoms with E-state index in [0.29, 0.717) is 11.4 Å². The number of nitrogens with zero attached hydrogens (tertiary/aromatic N) is 3. The van der Waals surface area contributed by atoms with E-state index < -0.39 is 0 Å². The van der Waals surface area contributed by atoms with E-state index in [4.69, 9.17) is 0 Å². The molecule has 2 amide bonds. The summed E-state index contributed by atoms with van der Waals surface area (Å²) in [5.41, 5.74) is 0.556. The van der Waals surface area contributed by atoms with Crippen LogP contribution in [-0.2, 0) is 0 Å². The molecule has 96 valence electrons. The number of piperazine rings is 1. The van der Waals surface area contributed by atoms with E-state index in [1.54, 1.807) is 0 Å². The second-order valence-electron chi connectivity index (χ2n) is 5.88. The highest BCUT2D eigenvalue weighted by Gasteiger charge is 2.49. The van der Waals surface area contributed by atoms with Crippen LogP contribution in [-0.4, -0.2) is 66.5 Å². The fraction of sp³-hybridized carbons (Fsp3) is 0.923. The maximum atomic E-state index is 12.3. The first-order valence-corrected chi connectivity index (χ1v) is 6.99. The van der Waals surface area contributed by atoms with Crippen molar-refractivity contribution < 1.29 is 4.79 Å². The highest BCUT2D eigenvalue weighted by atomic mass is 16.2. The molecular weight excluding hydrogens is 214 g/mol. The Kier molecular flexibility index (Phi) is 2.77. The second kappa shape index (κ2) is 4.16. The molecule has 1 aliphatic carbocycles. The van der Waals surface area contributed by atoms with Crippen LogP contribution in [0.5, 0.6) is 0 Å². The maximum Gasteiger partial charge on any atom is 0.320 e. The van der Waals surface area contributed by atoms with Gasteiger partial charge in [0.25, 0.3) is 0 Å². The molecule has 4 heteroatoms. The number of carbonyl (C=O) groups excluding carboxylic acids is 1. The smallest absolute Gasteiger partial charge is 0.320 e. The zero-order chi connectivity index (χ0) is 11.9. The van der Waals surface area contributed by atoms with Crippen molar-refractivity contribution in [3.8, 4) is 0 Å². The van der Waals surface area contributed by atoms with Crippen molar-refractivity contribution in [2.75, 3.05) is 45.8 Å². The maximum absolute atomic E-state index is 12.3. The van der Waals surface area contributed by atoms with Gasteiger partial charge in [0.05, 0.1) is 0 Å². The molecule has 1 spiro atoms. The van der Waals surface area contributed by atoms with Crippen molar-refractivity contribution in [2.45, 2.75) is 26.2 Å². The van der Waals surface area contributed by atoms with Gasteiger partial charge >= 0.3 is 6.03 Å². The lowest BCUT2D eigenvalue weighted by Gasteiger charge is -2.36. The number of carbonyl (C=O) groups is 1. The van der Waals surface area contributed by atoms with E-state index in [1.807, 2.05) is 4.90 Å². The summed E-state index contributed by atoms with van der Waals surface area (Å²) in [6.45, 7) is 9.23. The van der Waals surface area contributed by atoms with Gasteiger partial charge in [-0.05, 0) is 31.2 Å². The standard InChI is InChI=1S/C13H23N3O/c1-2-14-7-9-15(10-8-14)12(17)16-6-5-13(11-16)3-4-13/h2-11H2,1H3. The van der Waals surface area contributed by atoms with Gasteiger partial charge < -0.3 is 14.7 Å². The third-order valence-corrected chi connectivity index (χ3v) is 4.76. The number of urea groups is 1. The van der Waals surface area contributed by atoms with E-state index in [2.05, 4.69) is 16.7 Å². The van der Waals surface area contributed by atoms with Gasteiger partial charge in [-0.3, -0.25) is 0 Å². The molecule has 0 atom stereocenters. The lowest BCUT2D eigenvalue weighted by Crippen LogP contribution is -2.52. The fourth-order valence-corrected chi connectivity index (χ4v) is 3.14. The van der Waals surface area contributed by atoms with Crippen LogP contribution in [0.25, 0.3) is 0 Å². The van der Waals surface area contributed by atoms with Crippen LogP contribution in [0.3, 0.4) is 0 Å². The Bertz CT molecular complexity index is 306. The zero-order valence-corrected chi connectivity index (χ0v) is 10.8. The topological polar surface area (TPSA) is 26.8 Å². The van der Waals surface area contributed by atoms with E-state index in [1.165, 1.54) is 19.3 Å².